The Bertz CT molecular complexity index is 1070. The molecule has 178 valence electrons. The van der Waals surface area contributed by atoms with Crippen LogP contribution >= 0.6 is 0 Å². The maximum Gasteiger partial charge on any atom is 0.407 e. The van der Waals surface area contributed by atoms with Crippen molar-refractivity contribution < 1.29 is 24.2 Å². The number of hydrogen-bond acceptors (Lipinski definition) is 4. The molecule has 2 N–H and O–H groups in total. The number of nitrogens with one attached hydrogen (secondary N) is 1. The smallest absolute Gasteiger partial charge is 0.407 e. The van der Waals surface area contributed by atoms with Crippen LogP contribution in [0.1, 0.15) is 44.2 Å². The van der Waals surface area contributed by atoms with E-state index in [9.17, 15) is 19.5 Å². The molecule has 2 aromatic carbocycles. The molecule has 0 saturated heterocycles. The van der Waals surface area contributed by atoms with Crippen LogP contribution in [0.25, 0.3) is 11.1 Å². The van der Waals surface area contributed by atoms with Crippen LogP contribution in [-0.4, -0.2) is 53.7 Å². The number of aliphatic carboxylic acids is 1. The highest BCUT2D eigenvalue weighted by Gasteiger charge is 2.31. The predicted molar refractivity (Wildman–Crippen MR) is 129 cm³/mol. The van der Waals surface area contributed by atoms with Gasteiger partial charge in [0.25, 0.3) is 0 Å². The highest BCUT2D eigenvalue weighted by atomic mass is 16.5. The van der Waals surface area contributed by atoms with E-state index < -0.39 is 30.6 Å². The van der Waals surface area contributed by atoms with Crippen LogP contribution < -0.4 is 5.32 Å². The van der Waals surface area contributed by atoms with E-state index in [4.69, 9.17) is 4.74 Å². The molecular weight excluding hydrogens is 432 g/mol. The first-order chi connectivity index (χ1) is 16.3. The molecule has 0 heterocycles. The summed E-state index contributed by atoms with van der Waals surface area (Å²) >= 11 is 0. The molecule has 7 nitrogen and oxygen atoms in total. The van der Waals surface area contributed by atoms with Crippen LogP contribution in [0.4, 0.5) is 4.79 Å². The number of alkyl carbamates (subject to hydrolysis) is 1. The fraction of sp³-hybridized carbons (Fsp3) is 0.370. The molecule has 1 atom stereocenters. The van der Waals surface area contributed by atoms with Gasteiger partial charge in [-0.1, -0.05) is 62.4 Å². The van der Waals surface area contributed by atoms with E-state index in [1.807, 2.05) is 50.2 Å². The number of carbonyl (C=O) groups is 3. The highest BCUT2D eigenvalue weighted by molar-refractivity contribution is 5.88. The fourth-order valence-corrected chi connectivity index (χ4v) is 4.24. The molecule has 0 spiro atoms. The Kier molecular flexibility index (Phi) is 8.31. The summed E-state index contributed by atoms with van der Waals surface area (Å²) in [4.78, 5) is 38.3. The van der Waals surface area contributed by atoms with Gasteiger partial charge in [0.15, 0.2) is 0 Å². The molecule has 34 heavy (non-hydrogen) atoms. The summed E-state index contributed by atoms with van der Waals surface area (Å²) in [6, 6.07) is 15.0. The largest absolute Gasteiger partial charge is 0.480 e. The van der Waals surface area contributed by atoms with Gasteiger partial charge >= 0.3 is 12.1 Å². The lowest BCUT2D eigenvalue weighted by molar-refractivity contribution is -0.145. The Morgan fingerprint density at radius 2 is 1.65 bits per heavy atom. The third kappa shape index (κ3) is 5.96. The number of benzene rings is 2. The first-order valence-electron chi connectivity index (χ1n) is 11.3. The van der Waals surface area contributed by atoms with E-state index in [1.54, 1.807) is 6.92 Å². The van der Waals surface area contributed by atoms with E-state index in [1.165, 1.54) is 4.90 Å². The van der Waals surface area contributed by atoms with Crippen LogP contribution in [0.15, 0.2) is 48.5 Å². The third-order valence-corrected chi connectivity index (χ3v) is 5.64. The number of amides is 2. The summed E-state index contributed by atoms with van der Waals surface area (Å²) in [5, 5.41) is 11.8. The van der Waals surface area contributed by atoms with E-state index >= 15 is 0 Å². The monoisotopic (exact) mass is 462 g/mol. The van der Waals surface area contributed by atoms with Crippen LogP contribution in [0.3, 0.4) is 0 Å². The van der Waals surface area contributed by atoms with Gasteiger partial charge in [0.1, 0.15) is 19.2 Å². The van der Waals surface area contributed by atoms with E-state index in [-0.39, 0.29) is 31.4 Å². The van der Waals surface area contributed by atoms with Gasteiger partial charge in [-0.25, -0.2) is 4.79 Å². The van der Waals surface area contributed by atoms with Gasteiger partial charge in [0.2, 0.25) is 5.91 Å². The molecule has 0 radical (unpaired) electrons. The number of hydrogen-bond donors (Lipinski definition) is 2. The average Bonchev–Trinajstić information content (AvgIpc) is 3.12. The average molecular weight is 463 g/mol. The summed E-state index contributed by atoms with van der Waals surface area (Å²) in [6.45, 7) is 5.35. The van der Waals surface area contributed by atoms with E-state index in [0.717, 1.165) is 22.3 Å². The third-order valence-electron chi connectivity index (χ3n) is 5.64. The number of ether oxygens (including phenoxy) is 1. The molecule has 1 aliphatic rings. The van der Waals surface area contributed by atoms with Crippen molar-refractivity contribution in [3.8, 4) is 23.0 Å². The Labute approximate surface area is 200 Å². The Balaban J connectivity index is 1.71. The second kappa shape index (κ2) is 11.4. The Hall–Kier alpha value is -3.79. The quantitative estimate of drug-likeness (QED) is 0.552. The number of rotatable bonds is 9. The van der Waals surface area contributed by atoms with Gasteiger partial charge in [-0.05, 0) is 35.1 Å². The Morgan fingerprint density at radius 1 is 1.06 bits per heavy atom. The summed E-state index contributed by atoms with van der Waals surface area (Å²) in [5.74, 6) is 3.87. The van der Waals surface area contributed by atoms with Crippen molar-refractivity contribution in [2.75, 3.05) is 19.7 Å². The predicted octanol–water partition coefficient (Wildman–Crippen LogP) is 3.88. The van der Waals surface area contributed by atoms with Crippen molar-refractivity contribution in [1.82, 2.24) is 10.2 Å². The molecule has 2 aromatic rings. The summed E-state index contributed by atoms with van der Waals surface area (Å²) < 4.78 is 5.56. The first kappa shape index (κ1) is 24.8. The molecular formula is C27H30N2O5. The lowest BCUT2D eigenvalue weighted by Gasteiger charge is -2.27. The molecule has 0 aromatic heterocycles. The van der Waals surface area contributed by atoms with Gasteiger partial charge in [-0.3, -0.25) is 9.59 Å². The Morgan fingerprint density at radius 3 is 2.18 bits per heavy atom. The lowest BCUT2D eigenvalue weighted by Crippen LogP contribution is -2.51. The van der Waals surface area contributed by atoms with Crippen molar-refractivity contribution in [3.05, 3.63) is 59.7 Å². The standard InChI is InChI=1S/C27H30N2O5/c1-4-5-14-24(26(32)29(15-18(2)3)16-25(30)31)28-27(33)34-17-23-21-12-8-6-10-19(21)20-11-7-9-13-22(20)23/h6-13,18,23-24H,14-17H2,1-3H3,(H,28,33)(H,30,31). The molecule has 0 saturated carbocycles. The van der Waals surface area contributed by atoms with Crippen molar-refractivity contribution in [3.63, 3.8) is 0 Å². The van der Waals surface area contributed by atoms with Gasteiger partial charge in [0, 0.05) is 18.9 Å². The minimum atomic E-state index is -1.12. The van der Waals surface area contributed by atoms with Crippen molar-refractivity contribution >= 4 is 18.0 Å². The first-order valence-corrected chi connectivity index (χ1v) is 11.3. The number of nitrogens with zero attached hydrogens (tertiary/aromatic N) is 1. The minimum absolute atomic E-state index is 0.0632. The summed E-state index contributed by atoms with van der Waals surface area (Å²) in [5.41, 5.74) is 4.42. The highest BCUT2D eigenvalue weighted by Crippen LogP contribution is 2.44. The molecule has 0 aliphatic heterocycles. The van der Waals surface area contributed by atoms with Gasteiger partial charge in [-0.15, -0.1) is 11.8 Å². The van der Waals surface area contributed by atoms with Crippen LogP contribution in [-0.2, 0) is 14.3 Å². The van der Waals surface area contributed by atoms with Crippen molar-refractivity contribution in [1.29, 1.82) is 0 Å². The van der Waals surface area contributed by atoms with Gasteiger partial charge in [0.05, 0.1) is 0 Å². The van der Waals surface area contributed by atoms with Crippen LogP contribution in [0.2, 0.25) is 0 Å². The van der Waals surface area contributed by atoms with E-state index in [2.05, 4.69) is 29.3 Å². The lowest BCUT2D eigenvalue weighted by atomic mass is 9.98. The molecule has 0 bridgehead atoms. The van der Waals surface area contributed by atoms with Gasteiger partial charge < -0.3 is 20.1 Å². The van der Waals surface area contributed by atoms with Crippen LogP contribution in [0.5, 0.6) is 0 Å². The second-order valence-electron chi connectivity index (χ2n) is 8.66. The zero-order valence-electron chi connectivity index (χ0n) is 19.7. The number of carboxylic acids is 1. The van der Waals surface area contributed by atoms with Gasteiger partial charge in [-0.2, -0.15) is 0 Å². The molecule has 7 heteroatoms. The normalized spacial score (nSPS) is 12.7. The van der Waals surface area contributed by atoms with Crippen molar-refractivity contribution in [2.45, 2.75) is 39.2 Å². The minimum Gasteiger partial charge on any atom is -0.480 e. The zero-order valence-corrected chi connectivity index (χ0v) is 19.7. The maximum atomic E-state index is 13.1. The van der Waals surface area contributed by atoms with Crippen molar-refractivity contribution in [2.24, 2.45) is 5.92 Å². The molecule has 1 unspecified atom stereocenters. The molecule has 0 fully saturated rings. The second-order valence-corrected chi connectivity index (χ2v) is 8.66. The number of fused-ring (bicyclic) bond motifs is 3. The van der Waals surface area contributed by atoms with Crippen LogP contribution in [0, 0.1) is 17.8 Å². The molecule has 1 aliphatic carbocycles. The van der Waals surface area contributed by atoms with E-state index in [0.29, 0.717) is 0 Å². The molecule has 3 rings (SSSR count). The SMILES string of the molecule is CC#CCC(NC(=O)OCC1c2ccccc2-c2ccccc21)C(=O)N(CC(=O)O)CC(C)C. The topological polar surface area (TPSA) is 95.9 Å². The summed E-state index contributed by atoms with van der Waals surface area (Å²) in [7, 11) is 0. The maximum absolute atomic E-state index is 13.1. The summed E-state index contributed by atoms with van der Waals surface area (Å²) in [6.07, 6.45) is -0.675. The fourth-order valence-electron chi connectivity index (χ4n) is 4.24. The zero-order chi connectivity index (χ0) is 24.7. The number of carboxylic acid groups (broad SMARTS) is 1. The number of carbonyl (C=O) groups excluding carboxylic acids is 2. The molecule has 2 amide bonds.